The summed E-state index contributed by atoms with van der Waals surface area (Å²) >= 11 is 0. The molecule has 1 heterocycles. The van der Waals surface area contributed by atoms with E-state index in [0.717, 1.165) is 17.9 Å². The summed E-state index contributed by atoms with van der Waals surface area (Å²) in [7, 11) is 0. The van der Waals surface area contributed by atoms with Crippen LogP contribution in [0.15, 0.2) is 24.3 Å². The first-order valence-corrected chi connectivity index (χ1v) is 8.86. The molecule has 1 amide bonds. The Morgan fingerprint density at radius 1 is 1.24 bits per heavy atom. The van der Waals surface area contributed by atoms with Crippen LogP contribution in [0.4, 0.5) is 13.2 Å². The maximum absolute atomic E-state index is 13.4. The molecule has 1 unspecified atom stereocenters. The standard InChI is InChI=1S/C19H27F3N2O/c1-4-14-9-7-10-15(12-14)8-5-6-11-16(19(20,21)22)24-13-18(2,3)17(25)23-24/h7,9-10,12,16H,4-6,8,11,13H2,1-3H3,(H,23,25). The molecule has 1 aliphatic heterocycles. The second-order valence-electron chi connectivity index (χ2n) is 7.43. The number of hydrogen-bond donors (Lipinski definition) is 1. The molecule has 0 aromatic heterocycles. The van der Waals surface area contributed by atoms with E-state index in [4.69, 9.17) is 0 Å². The van der Waals surface area contributed by atoms with Gasteiger partial charge in [0.2, 0.25) is 5.91 Å². The number of carbonyl (C=O) groups is 1. The van der Waals surface area contributed by atoms with Crippen molar-refractivity contribution in [2.24, 2.45) is 5.41 Å². The smallest absolute Gasteiger partial charge is 0.288 e. The predicted octanol–water partition coefficient (Wildman–Crippen LogP) is 4.27. The van der Waals surface area contributed by atoms with Crippen LogP contribution in [0.2, 0.25) is 0 Å². The molecule has 1 N–H and O–H groups in total. The molecule has 0 spiro atoms. The van der Waals surface area contributed by atoms with Crippen LogP contribution in [0, 0.1) is 5.41 Å². The zero-order valence-electron chi connectivity index (χ0n) is 15.1. The number of carbonyl (C=O) groups excluding carboxylic acids is 1. The molecule has 6 heteroatoms. The van der Waals surface area contributed by atoms with Gasteiger partial charge in [0.15, 0.2) is 0 Å². The number of halogens is 3. The minimum atomic E-state index is -4.35. The fourth-order valence-corrected chi connectivity index (χ4v) is 3.18. The number of nitrogens with one attached hydrogen (secondary N) is 1. The molecular formula is C19H27F3N2O. The van der Waals surface area contributed by atoms with Crippen LogP contribution in [0.1, 0.15) is 51.2 Å². The Morgan fingerprint density at radius 3 is 2.48 bits per heavy atom. The van der Waals surface area contributed by atoms with Gasteiger partial charge in [-0.05, 0) is 50.7 Å². The number of aryl methyl sites for hydroxylation is 2. The van der Waals surface area contributed by atoms with E-state index in [2.05, 4.69) is 24.5 Å². The zero-order valence-corrected chi connectivity index (χ0v) is 15.1. The number of benzene rings is 1. The lowest BCUT2D eigenvalue weighted by Crippen LogP contribution is -2.49. The summed E-state index contributed by atoms with van der Waals surface area (Å²) in [6.07, 6.45) is -1.47. The monoisotopic (exact) mass is 356 g/mol. The third kappa shape index (κ3) is 5.21. The first-order valence-electron chi connectivity index (χ1n) is 8.86. The zero-order chi connectivity index (χ0) is 18.7. The van der Waals surface area contributed by atoms with E-state index in [0.29, 0.717) is 12.8 Å². The number of hydrazine groups is 1. The molecular weight excluding hydrogens is 329 g/mol. The maximum Gasteiger partial charge on any atom is 0.405 e. The summed E-state index contributed by atoms with van der Waals surface area (Å²) in [4.78, 5) is 11.8. The molecule has 140 valence electrons. The van der Waals surface area contributed by atoms with Crippen LogP contribution in [0.5, 0.6) is 0 Å². The van der Waals surface area contributed by atoms with Crippen LogP contribution in [0.25, 0.3) is 0 Å². The molecule has 1 aromatic rings. The number of unbranched alkanes of at least 4 members (excludes halogenated alkanes) is 1. The Morgan fingerprint density at radius 2 is 1.92 bits per heavy atom. The second-order valence-corrected chi connectivity index (χ2v) is 7.43. The molecule has 1 atom stereocenters. The summed E-state index contributed by atoms with van der Waals surface area (Å²) in [6, 6.07) is 6.56. The Hall–Kier alpha value is -1.56. The quantitative estimate of drug-likeness (QED) is 0.740. The molecule has 0 bridgehead atoms. The van der Waals surface area contributed by atoms with E-state index in [1.165, 1.54) is 11.1 Å². The van der Waals surface area contributed by atoms with Crippen LogP contribution < -0.4 is 5.43 Å². The fourth-order valence-electron chi connectivity index (χ4n) is 3.18. The van der Waals surface area contributed by atoms with Crippen LogP contribution in [-0.2, 0) is 17.6 Å². The maximum atomic E-state index is 13.4. The van der Waals surface area contributed by atoms with Gasteiger partial charge in [0, 0.05) is 6.54 Å². The summed E-state index contributed by atoms with van der Waals surface area (Å²) in [5, 5.41) is 1.07. The van der Waals surface area contributed by atoms with Crippen LogP contribution in [0.3, 0.4) is 0 Å². The Bertz CT molecular complexity index is 599. The largest absolute Gasteiger partial charge is 0.405 e. The lowest BCUT2D eigenvalue weighted by Gasteiger charge is -2.29. The molecule has 1 fully saturated rings. The van der Waals surface area contributed by atoms with Gasteiger partial charge >= 0.3 is 6.18 Å². The van der Waals surface area contributed by atoms with Crippen molar-refractivity contribution in [1.29, 1.82) is 0 Å². The van der Waals surface area contributed by atoms with Gasteiger partial charge in [-0.15, -0.1) is 0 Å². The third-order valence-corrected chi connectivity index (χ3v) is 4.77. The highest BCUT2D eigenvalue weighted by molar-refractivity contribution is 5.83. The minimum absolute atomic E-state index is 0.00662. The Kier molecular flexibility index (Phi) is 6.14. The highest BCUT2D eigenvalue weighted by Gasteiger charge is 2.49. The van der Waals surface area contributed by atoms with Gasteiger partial charge in [0.25, 0.3) is 0 Å². The van der Waals surface area contributed by atoms with Gasteiger partial charge in [-0.25, -0.2) is 5.01 Å². The molecule has 0 aliphatic carbocycles. The van der Waals surface area contributed by atoms with Crippen molar-refractivity contribution < 1.29 is 18.0 Å². The Balaban J connectivity index is 1.90. The normalized spacial score (nSPS) is 19.0. The topological polar surface area (TPSA) is 32.3 Å². The molecule has 25 heavy (non-hydrogen) atoms. The fraction of sp³-hybridized carbons (Fsp3) is 0.632. The Labute approximate surface area is 147 Å². The predicted molar refractivity (Wildman–Crippen MR) is 91.8 cm³/mol. The van der Waals surface area contributed by atoms with Crippen molar-refractivity contribution in [3.8, 4) is 0 Å². The highest BCUT2D eigenvalue weighted by Crippen LogP contribution is 2.33. The minimum Gasteiger partial charge on any atom is -0.288 e. The van der Waals surface area contributed by atoms with Gasteiger partial charge < -0.3 is 0 Å². The van der Waals surface area contributed by atoms with Gasteiger partial charge in [0.05, 0.1) is 5.41 Å². The van der Waals surface area contributed by atoms with E-state index in [9.17, 15) is 18.0 Å². The van der Waals surface area contributed by atoms with Crippen molar-refractivity contribution in [3.05, 3.63) is 35.4 Å². The molecule has 1 aromatic carbocycles. The number of rotatable bonds is 7. The van der Waals surface area contributed by atoms with E-state index in [-0.39, 0.29) is 18.9 Å². The average molecular weight is 356 g/mol. The van der Waals surface area contributed by atoms with Gasteiger partial charge in [-0.2, -0.15) is 13.2 Å². The van der Waals surface area contributed by atoms with Crippen molar-refractivity contribution >= 4 is 5.91 Å². The molecule has 0 radical (unpaired) electrons. The van der Waals surface area contributed by atoms with Crippen molar-refractivity contribution in [1.82, 2.24) is 10.4 Å². The first-order chi connectivity index (χ1) is 11.6. The molecule has 1 saturated heterocycles. The summed E-state index contributed by atoms with van der Waals surface area (Å²) in [5.74, 6) is -0.349. The molecule has 0 saturated carbocycles. The number of amides is 1. The van der Waals surface area contributed by atoms with Gasteiger partial charge in [0.1, 0.15) is 6.04 Å². The van der Waals surface area contributed by atoms with Crippen LogP contribution >= 0.6 is 0 Å². The number of nitrogens with zero attached hydrogens (tertiary/aromatic N) is 1. The number of alkyl halides is 3. The highest BCUT2D eigenvalue weighted by atomic mass is 19.4. The van der Waals surface area contributed by atoms with Crippen molar-refractivity contribution in [3.63, 3.8) is 0 Å². The summed E-state index contributed by atoms with van der Waals surface area (Å²) < 4.78 is 40.2. The molecule has 1 aliphatic rings. The van der Waals surface area contributed by atoms with E-state index >= 15 is 0 Å². The van der Waals surface area contributed by atoms with E-state index < -0.39 is 17.6 Å². The number of hydrogen-bond acceptors (Lipinski definition) is 2. The van der Waals surface area contributed by atoms with Crippen LogP contribution in [-0.4, -0.2) is 29.7 Å². The molecule has 2 rings (SSSR count). The SMILES string of the molecule is CCc1cccc(CCCCC(N2CC(C)(C)C(=O)N2)C(F)(F)F)c1. The third-order valence-electron chi connectivity index (χ3n) is 4.77. The van der Waals surface area contributed by atoms with E-state index in [1.54, 1.807) is 13.8 Å². The second kappa shape index (κ2) is 7.77. The lowest BCUT2D eigenvalue weighted by atomic mass is 9.94. The van der Waals surface area contributed by atoms with Gasteiger partial charge in [-0.3, -0.25) is 10.2 Å². The summed E-state index contributed by atoms with van der Waals surface area (Å²) in [5.41, 5.74) is 4.02. The first kappa shape index (κ1) is 19.8. The average Bonchev–Trinajstić information content (AvgIpc) is 2.79. The van der Waals surface area contributed by atoms with Crippen molar-refractivity contribution in [2.45, 2.75) is 65.1 Å². The van der Waals surface area contributed by atoms with Crippen molar-refractivity contribution in [2.75, 3.05) is 6.54 Å². The molecule has 3 nitrogen and oxygen atoms in total. The van der Waals surface area contributed by atoms with E-state index in [1.807, 2.05) is 12.1 Å². The van der Waals surface area contributed by atoms with Gasteiger partial charge in [-0.1, -0.05) is 37.6 Å². The lowest BCUT2D eigenvalue weighted by molar-refractivity contribution is -0.190. The summed E-state index contributed by atoms with van der Waals surface area (Å²) in [6.45, 7) is 5.49.